The van der Waals surface area contributed by atoms with Gasteiger partial charge in [0.2, 0.25) is 0 Å². The number of pyridine rings is 1. The van der Waals surface area contributed by atoms with Gasteiger partial charge >= 0.3 is 0 Å². The average Bonchev–Trinajstić information content (AvgIpc) is 2.31. The molecule has 0 saturated carbocycles. The maximum absolute atomic E-state index is 13.5. The number of aliphatic hydroxyl groups is 1. The molecule has 0 saturated heterocycles. The van der Waals surface area contributed by atoms with E-state index in [4.69, 9.17) is 16.7 Å². The summed E-state index contributed by atoms with van der Waals surface area (Å²) in [6.45, 7) is -0.192. The zero-order chi connectivity index (χ0) is 11.5. The van der Waals surface area contributed by atoms with Gasteiger partial charge < -0.3 is 5.11 Å². The summed E-state index contributed by atoms with van der Waals surface area (Å²) in [5, 5.41) is 9.34. The molecule has 0 aliphatic heterocycles. The minimum Gasteiger partial charge on any atom is -0.392 e. The number of benzene rings is 1. The molecule has 0 radical (unpaired) electrons. The molecule has 1 heterocycles. The highest BCUT2D eigenvalue weighted by molar-refractivity contribution is 6.33. The molecule has 0 spiro atoms. The smallest absolute Gasteiger partial charge is 0.132 e. The predicted octanol–water partition coefficient (Wildman–Crippen LogP) is 3.03. The van der Waals surface area contributed by atoms with Crippen molar-refractivity contribution in [3.63, 3.8) is 0 Å². The highest BCUT2D eigenvalue weighted by Gasteiger charge is 2.12. The summed E-state index contributed by atoms with van der Waals surface area (Å²) in [7, 11) is 0. The van der Waals surface area contributed by atoms with Crippen LogP contribution in [0.25, 0.3) is 11.3 Å². The lowest BCUT2D eigenvalue weighted by atomic mass is 10.1. The molecule has 82 valence electrons. The molecule has 0 unspecified atom stereocenters. The van der Waals surface area contributed by atoms with Crippen LogP contribution in [0.15, 0.2) is 36.5 Å². The second-order valence-corrected chi connectivity index (χ2v) is 3.65. The molecule has 4 heteroatoms. The van der Waals surface area contributed by atoms with Gasteiger partial charge in [-0.25, -0.2) is 4.39 Å². The molecule has 0 aliphatic rings. The third-order valence-corrected chi connectivity index (χ3v) is 2.69. The summed E-state index contributed by atoms with van der Waals surface area (Å²) in [5.41, 5.74) is 1.23. The molecule has 1 aromatic carbocycles. The summed E-state index contributed by atoms with van der Waals surface area (Å²) in [6, 6.07) is 7.86. The van der Waals surface area contributed by atoms with Gasteiger partial charge in [0.05, 0.1) is 17.3 Å². The molecule has 0 atom stereocenters. The Kier molecular flexibility index (Phi) is 3.17. The van der Waals surface area contributed by atoms with Crippen LogP contribution in [0.4, 0.5) is 4.39 Å². The summed E-state index contributed by atoms with van der Waals surface area (Å²) >= 11 is 6.03. The number of hydrogen-bond donors (Lipinski definition) is 1. The van der Waals surface area contributed by atoms with Crippen molar-refractivity contribution in [2.45, 2.75) is 6.61 Å². The van der Waals surface area contributed by atoms with E-state index < -0.39 is 0 Å². The Morgan fingerprint density at radius 3 is 2.69 bits per heavy atom. The largest absolute Gasteiger partial charge is 0.392 e. The van der Waals surface area contributed by atoms with Crippen molar-refractivity contribution in [2.75, 3.05) is 0 Å². The van der Waals surface area contributed by atoms with Gasteiger partial charge in [-0.05, 0) is 23.8 Å². The van der Waals surface area contributed by atoms with Crippen molar-refractivity contribution in [1.82, 2.24) is 4.98 Å². The highest BCUT2D eigenvalue weighted by atomic mass is 35.5. The minimum atomic E-state index is -0.382. The fourth-order valence-corrected chi connectivity index (χ4v) is 1.72. The molecule has 16 heavy (non-hydrogen) atoms. The molecule has 0 amide bonds. The first kappa shape index (κ1) is 11.0. The van der Waals surface area contributed by atoms with Gasteiger partial charge in [0.1, 0.15) is 5.82 Å². The van der Waals surface area contributed by atoms with Crippen LogP contribution in [0.3, 0.4) is 0 Å². The van der Waals surface area contributed by atoms with E-state index in [9.17, 15) is 4.39 Å². The molecule has 0 fully saturated rings. The maximum Gasteiger partial charge on any atom is 0.132 e. The number of nitrogens with zero attached hydrogens (tertiary/aromatic N) is 1. The topological polar surface area (TPSA) is 33.1 Å². The standard InChI is InChI=1S/C12H9ClFNO/c13-11-8(7-16)5-6-15-12(11)9-3-1-2-4-10(9)14/h1-6,16H,7H2. The molecular weight excluding hydrogens is 229 g/mol. The van der Waals surface area contributed by atoms with Crippen molar-refractivity contribution >= 4 is 11.6 Å². The monoisotopic (exact) mass is 237 g/mol. The van der Waals surface area contributed by atoms with Crippen LogP contribution in [-0.2, 0) is 6.61 Å². The van der Waals surface area contributed by atoms with E-state index in [2.05, 4.69) is 4.98 Å². The number of aliphatic hydroxyl groups excluding tert-OH is 1. The molecular formula is C12H9ClFNO. The Bertz CT molecular complexity index is 516. The second kappa shape index (κ2) is 4.60. The average molecular weight is 238 g/mol. The molecule has 2 rings (SSSR count). The van der Waals surface area contributed by atoms with Crippen molar-refractivity contribution in [1.29, 1.82) is 0 Å². The molecule has 1 aromatic heterocycles. The third kappa shape index (κ3) is 1.92. The third-order valence-electron chi connectivity index (χ3n) is 2.27. The van der Waals surface area contributed by atoms with Crippen LogP contribution in [-0.4, -0.2) is 10.1 Å². The van der Waals surface area contributed by atoms with Crippen LogP contribution in [0.5, 0.6) is 0 Å². The van der Waals surface area contributed by atoms with Crippen LogP contribution < -0.4 is 0 Å². The summed E-state index contributed by atoms with van der Waals surface area (Å²) in [4.78, 5) is 4.03. The first-order valence-electron chi connectivity index (χ1n) is 4.73. The number of hydrogen-bond acceptors (Lipinski definition) is 2. The fourth-order valence-electron chi connectivity index (χ4n) is 1.45. The lowest BCUT2D eigenvalue weighted by Gasteiger charge is -2.07. The number of aromatic nitrogens is 1. The second-order valence-electron chi connectivity index (χ2n) is 3.27. The van der Waals surface area contributed by atoms with E-state index in [1.807, 2.05) is 0 Å². The molecule has 0 bridgehead atoms. The van der Waals surface area contributed by atoms with E-state index in [1.54, 1.807) is 24.3 Å². The van der Waals surface area contributed by atoms with E-state index in [0.29, 0.717) is 16.8 Å². The Morgan fingerprint density at radius 2 is 2.00 bits per heavy atom. The normalized spacial score (nSPS) is 10.4. The molecule has 1 N–H and O–H groups in total. The van der Waals surface area contributed by atoms with Gasteiger partial charge in [0.15, 0.2) is 0 Å². The van der Waals surface area contributed by atoms with Gasteiger partial charge in [0, 0.05) is 11.8 Å². The summed E-state index contributed by atoms with van der Waals surface area (Å²) in [5.74, 6) is -0.382. The van der Waals surface area contributed by atoms with E-state index >= 15 is 0 Å². The van der Waals surface area contributed by atoms with Gasteiger partial charge in [-0.1, -0.05) is 23.7 Å². The van der Waals surface area contributed by atoms with Gasteiger partial charge in [-0.2, -0.15) is 0 Å². The van der Waals surface area contributed by atoms with Crippen LogP contribution in [0.1, 0.15) is 5.56 Å². The lowest BCUT2D eigenvalue weighted by Crippen LogP contribution is -1.93. The van der Waals surface area contributed by atoms with Gasteiger partial charge in [-0.3, -0.25) is 4.98 Å². The summed E-state index contributed by atoms with van der Waals surface area (Å²) < 4.78 is 13.5. The Labute approximate surface area is 97.3 Å². The molecule has 2 nitrogen and oxygen atoms in total. The van der Waals surface area contributed by atoms with Crippen molar-refractivity contribution in [3.8, 4) is 11.3 Å². The quantitative estimate of drug-likeness (QED) is 0.871. The number of halogens is 2. The Balaban J connectivity index is 2.61. The minimum absolute atomic E-state index is 0.192. The SMILES string of the molecule is OCc1ccnc(-c2ccccc2F)c1Cl. The van der Waals surface area contributed by atoms with E-state index in [0.717, 1.165) is 0 Å². The zero-order valence-electron chi connectivity index (χ0n) is 8.32. The summed E-state index contributed by atoms with van der Waals surface area (Å²) in [6.07, 6.45) is 1.50. The first-order valence-corrected chi connectivity index (χ1v) is 5.11. The van der Waals surface area contributed by atoms with Crippen molar-refractivity contribution in [2.24, 2.45) is 0 Å². The maximum atomic E-state index is 13.5. The number of rotatable bonds is 2. The van der Waals surface area contributed by atoms with Gasteiger partial charge in [0.25, 0.3) is 0 Å². The zero-order valence-corrected chi connectivity index (χ0v) is 9.08. The van der Waals surface area contributed by atoms with Gasteiger partial charge in [-0.15, -0.1) is 0 Å². The van der Waals surface area contributed by atoms with Crippen LogP contribution in [0.2, 0.25) is 5.02 Å². The molecule has 2 aromatic rings. The Hall–Kier alpha value is -1.45. The lowest BCUT2D eigenvalue weighted by molar-refractivity contribution is 0.282. The predicted molar refractivity (Wildman–Crippen MR) is 60.6 cm³/mol. The van der Waals surface area contributed by atoms with Crippen LogP contribution in [0, 0.1) is 5.82 Å². The van der Waals surface area contributed by atoms with Crippen LogP contribution >= 0.6 is 11.6 Å². The Morgan fingerprint density at radius 1 is 1.25 bits per heavy atom. The van der Waals surface area contributed by atoms with E-state index in [1.165, 1.54) is 12.3 Å². The first-order chi connectivity index (χ1) is 7.74. The highest BCUT2D eigenvalue weighted by Crippen LogP contribution is 2.30. The van der Waals surface area contributed by atoms with E-state index in [-0.39, 0.29) is 17.4 Å². The van der Waals surface area contributed by atoms with Crippen molar-refractivity contribution < 1.29 is 9.50 Å². The molecule has 0 aliphatic carbocycles. The van der Waals surface area contributed by atoms with Crippen molar-refractivity contribution in [3.05, 3.63) is 52.9 Å². The fraction of sp³-hybridized carbons (Fsp3) is 0.0833.